The first-order chi connectivity index (χ1) is 10.2. The lowest BCUT2D eigenvalue weighted by Crippen LogP contribution is -2.02. The van der Waals surface area contributed by atoms with E-state index in [2.05, 4.69) is 0 Å². The Kier molecular flexibility index (Phi) is 3.94. The number of nitro benzene ring substituents is 1. The Morgan fingerprint density at radius 2 is 1.81 bits per heavy atom. The number of non-ortho nitro benzene ring substituents is 1. The van der Waals surface area contributed by atoms with Crippen molar-refractivity contribution < 1.29 is 14.4 Å². The highest BCUT2D eigenvalue weighted by Crippen LogP contribution is 2.39. The average Bonchev–Trinajstić information content (AvgIpc) is 3.28. The molecule has 2 aromatic carbocycles. The van der Waals surface area contributed by atoms with Crippen LogP contribution in [-0.2, 0) is 16.1 Å². The third-order valence-corrected chi connectivity index (χ3v) is 3.41. The third kappa shape index (κ3) is 3.45. The van der Waals surface area contributed by atoms with Crippen LogP contribution in [0.1, 0.15) is 17.2 Å². The second kappa shape index (κ2) is 6.03. The van der Waals surface area contributed by atoms with Crippen LogP contribution < -0.4 is 0 Å². The summed E-state index contributed by atoms with van der Waals surface area (Å²) in [5, 5.41) is 10.6. The number of benzene rings is 2. The molecule has 108 valence electrons. The van der Waals surface area contributed by atoms with E-state index in [0.717, 1.165) is 11.1 Å². The van der Waals surface area contributed by atoms with Crippen molar-refractivity contribution in [3.63, 3.8) is 0 Å². The Bertz CT molecular complexity index is 612. The van der Waals surface area contributed by atoms with Gasteiger partial charge in [-0.2, -0.15) is 0 Å². The van der Waals surface area contributed by atoms with Gasteiger partial charge in [-0.25, -0.2) is 0 Å². The fraction of sp³-hybridized carbons (Fsp3) is 0.250. The van der Waals surface area contributed by atoms with Gasteiger partial charge in [-0.1, -0.05) is 30.3 Å². The van der Waals surface area contributed by atoms with Crippen LogP contribution in [0.15, 0.2) is 54.6 Å². The predicted molar refractivity (Wildman–Crippen MR) is 76.8 cm³/mol. The van der Waals surface area contributed by atoms with Gasteiger partial charge in [0.05, 0.1) is 18.1 Å². The molecule has 0 aromatic heterocycles. The first-order valence-electron chi connectivity index (χ1n) is 6.75. The van der Waals surface area contributed by atoms with Crippen LogP contribution in [0.25, 0.3) is 0 Å². The topological polar surface area (TPSA) is 64.9 Å². The van der Waals surface area contributed by atoms with Crippen LogP contribution in [0.3, 0.4) is 0 Å². The van der Waals surface area contributed by atoms with Crippen molar-refractivity contribution in [3.05, 3.63) is 75.8 Å². The smallest absolute Gasteiger partial charge is 0.269 e. The summed E-state index contributed by atoms with van der Waals surface area (Å²) in [6.07, 6.45) is 0.0248. The van der Waals surface area contributed by atoms with Crippen molar-refractivity contribution >= 4 is 5.69 Å². The molecule has 0 aliphatic carbocycles. The zero-order chi connectivity index (χ0) is 14.7. The first kappa shape index (κ1) is 13.7. The Hall–Kier alpha value is -2.24. The van der Waals surface area contributed by atoms with Gasteiger partial charge in [0.1, 0.15) is 12.2 Å². The third-order valence-electron chi connectivity index (χ3n) is 3.41. The van der Waals surface area contributed by atoms with Crippen LogP contribution in [0.5, 0.6) is 0 Å². The van der Waals surface area contributed by atoms with E-state index in [9.17, 15) is 10.1 Å². The molecule has 1 fully saturated rings. The van der Waals surface area contributed by atoms with E-state index in [-0.39, 0.29) is 17.9 Å². The summed E-state index contributed by atoms with van der Waals surface area (Å²) in [7, 11) is 0. The van der Waals surface area contributed by atoms with Gasteiger partial charge >= 0.3 is 0 Å². The summed E-state index contributed by atoms with van der Waals surface area (Å²) in [6, 6.07) is 16.4. The second-order valence-corrected chi connectivity index (χ2v) is 4.94. The highest BCUT2D eigenvalue weighted by atomic mass is 16.6. The average molecular weight is 285 g/mol. The minimum Gasteiger partial charge on any atom is -0.374 e. The van der Waals surface area contributed by atoms with Gasteiger partial charge in [0.2, 0.25) is 0 Å². The summed E-state index contributed by atoms with van der Waals surface area (Å²) in [4.78, 5) is 10.2. The molecule has 0 bridgehead atoms. The van der Waals surface area contributed by atoms with Gasteiger partial charge in [0.25, 0.3) is 5.69 Å². The molecule has 0 saturated carbocycles. The van der Waals surface area contributed by atoms with E-state index in [1.54, 1.807) is 12.1 Å². The van der Waals surface area contributed by atoms with Crippen LogP contribution in [0.4, 0.5) is 5.69 Å². The molecule has 2 aromatic rings. The normalized spacial score (nSPS) is 20.2. The maximum atomic E-state index is 10.6. The summed E-state index contributed by atoms with van der Waals surface area (Å²) in [5.41, 5.74) is 2.18. The van der Waals surface area contributed by atoms with Gasteiger partial charge in [-0.15, -0.1) is 0 Å². The molecule has 1 saturated heterocycles. The fourth-order valence-electron chi connectivity index (χ4n) is 2.22. The molecule has 21 heavy (non-hydrogen) atoms. The van der Waals surface area contributed by atoms with E-state index in [1.165, 1.54) is 12.1 Å². The quantitative estimate of drug-likeness (QED) is 0.464. The minimum atomic E-state index is -0.405. The Labute approximate surface area is 122 Å². The largest absolute Gasteiger partial charge is 0.374 e. The Morgan fingerprint density at radius 3 is 2.48 bits per heavy atom. The number of epoxide rings is 1. The summed E-state index contributed by atoms with van der Waals surface area (Å²) in [6.45, 7) is 1.09. The molecule has 5 heteroatoms. The molecule has 1 aliphatic heterocycles. The van der Waals surface area contributed by atoms with E-state index >= 15 is 0 Å². The molecule has 0 amide bonds. The lowest BCUT2D eigenvalue weighted by molar-refractivity contribution is -0.384. The molecular formula is C16H15NO4. The molecule has 5 nitrogen and oxygen atoms in total. The van der Waals surface area contributed by atoms with Gasteiger partial charge in [-0.05, 0) is 23.3 Å². The SMILES string of the molecule is O=[N+]([O-])c1ccc([C@@H]2O[C@H]2COCc2ccccc2)cc1. The molecule has 2 atom stereocenters. The Morgan fingerprint density at radius 1 is 1.10 bits per heavy atom. The number of ether oxygens (including phenoxy) is 2. The van der Waals surface area contributed by atoms with Crippen molar-refractivity contribution in [2.45, 2.75) is 18.8 Å². The first-order valence-corrected chi connectivity index (χ1v) is 6.75. The predicted octanol–water partition coefficient (Wildman–Crippen LogP) is 3.25. The van der Waals surface area contributed by atoms with Crippen LogP contribution >= 0.6 is 0 Å². The maximum absolute atomic E-state index is 10.6. The molecular weight excluding hydrogens is 270 g/mol. The van der Waals surface area contributed by atoms with Crippen LogP contribution in [0, 0.1) is 10.1 Å². The van der Waals surface area contributed by atoms with Gasteiger partial charge in [0, 0.05) is 12.1 Å². The standard InChI is InChI=1S/C16H15NO4/c18-17(19)14-8-6-13(7-9-14)16-15(21-16)11-20-10-12-4-2-1-3-5-12/h1-9,15-16H,10-11H2/t15-,16-/m0/s1. The van der Waals surface area contributed by atoms with E-state index in [4.69, 9.17) is 9.47 Å². The molecule has 0 spiro atoms. The summed E-state index contributed by atoms with van der Waals surface area (Å²) >= 11 is 0. The Balaban J connectivity index is 1.47. The van der Waals surface area contributed by atoms with Crippen molar-refractivity contribution in [1.82, 2.24) is 0 Å². The lowest BCUT2D eigenvalue weighted by atomic mass is 10.1. The highest BCUT2D eigenvalue weighted by Gasteiger charge is 2.40. The van der Waals surface area contributed by atoms with Crippen LogP contribution in [-0.4, -0.2) is 17.6 Å². The van der Waals surface area contributed by atoms with E-state index in [0.29, 0.717) is 13.2 Å². The minimum absolute atomic E-state index is 0.0124. The van der Waals surface area contributed by atoms with Gasteiger partial charge < -0.3 is 9.47 Å². The van der Waals surface area contributed by atoms with Crippen molar-refractivity contribution in [2.75, 3.05) is 6.61 Å². The lowest BCUT2D eigenvalue weighted by Gasteiger charge is -2.02. The molecule has 1 aliphatic rings. The molecule has 3 rings (SSSR count). The van der Waals surface area contributed by atoms with Gasteiger partial charge in [-0.3, -0.25) is 10.1 Å². The zero-order valence-corrected chi connectivity index (χ0v) is 11.3. The molecule has 1 heterocycles. The van der Waals surface area contributed by atoms with Crippen molar-refractivity contribution in [3.8, 4) is 0 Å². The molecule has 0 N–H and O–H groups in total. The van der Waals surface area contributed by atoms with Crippen molar-refractivity contribution in [1.29, 1.82) is 0 Å². The fourth-order valence-corrected chi connectivity index (χ4v) is 2.22. The number of nitro groups is 1. The number of rotatable bonds is 6. The summed E-state index contributed by atoms with van der Waals surface area (Å²) in [5.74, 6) is 0. The number of nitrogens with zero attached hydrogens (tertiary/aromatic N) is 1. The van der Waals surface area contributed by atoms with Crippen LogP contribution in [0.2, 0.25) is 0 Å². The second-order valence-electron chi connectivity index (χ2n) is 4.94. The molecule has 0 unspecified atom stereocenters. The monoisotopic (exact) mass is 285 g/mol. The van der Waals surface area contributed by atoms with E-state index < -0.39 is 4.92 Å². The maximum Gasteiger partial charge on any atom is 0.269 e. The number of hydrogen-bond donors (Lipinski definition) is 0. The van der Waals surface area contributed by atoms with E-state index in [1.807, 2.05) is 30.3 Å². The van der Waals surface area contributed by atoms with Crippen molar-refractivity contribution in [2.24, 2.45) is 0 Å². The highest BCUT2D eigenvalue weighted by molar-refractivity contribution is 5.35. The van der Waals surface area contributed by atoms with Gasteiger partial charge in [0.15, 0.2) is 0 Å². The zero-order valence-electron chi connectivity index (χ0n) is 11.3. The summed E-state index contributed by atoms with van der Waals surface area (Å²) < 4.78 is 11.2. The molecule has 0 radical (unpaired) electrons. The number of hydrogen-bond acceptors (Lipinski definition) is 4.